The lowest BCUT2D eigenvalue weighted by molar-refractivity contribution is 0.00378. The number of halogens is 2. The smallest absolute Gasteiger partial charge is 0.256 e. The molecule has 0 saturated carbocycles. The zero-order valence-corrected chi connectivity index (χ0v) is 16.2. The summed E-state index contributed by atoms with van der Waals surface area (Å²) < 4.78 is 54.7. The largest absolute Gasteiger partial charge is 0.337 e. The number of likely N-dealkylation sites (tertiary alicyclic amines) is 1. The Balaban J connectivity index is 1.61. The minimum Gasteiger partial charge on any atom is -0.337 e. The third kappa shape index (κ3) is 2.98. The maximum Gasteiger partial charge on any atom is 0.256 e. The highest BCUT2D eigenvalue weighted by Crippen LogP contribution is 2.49. The number of carbonyl (C=O) groups is 1. The van der Waals surface area contributed by atoms with Crippen LogP contribution in [-0.2, 0) is 17.1 Å². The van der Waals surface area contributed by atoms with E-state index in [1.54, 1.807) is 11.6 Å². The van der Waals surface area contributed by atoms with Gasteiger partial charge in [-0.2, -0.15) is 0 Å². The molecular formula is C17H19F2N5O3S. The summed E-state index contributed by atoms with van der Waals surface area (Å²) in [5.41, 5.74) is -0.869. The van der Waals surface area contributed by atoms with Crippen LogP contribution in [0, 0.1) is 17.0 Å². The van der Waals surface area contributed by atoms with E-state index in [4.69, 9.17) is 0 Å². The van der Waals surface area contributed by atoms with Gasteiger partial charge in [-0.15, -0.1) is 10.2 Å². The van der Waals surface area contributed by atoms with E-state index in [0.717, 1.165) is 24.5 Å². The molecule has 0 bridgehead atoms. The molecule has 28 heavy (non-hydrogen) atoms. The lowest BCUT2D eigenvalue weighted by Gasteiger charge is -2.50. The highest BCUT2D eigenvalue weighted by Gasteiger charge is 2.58. The van der Waals surface area contributed by atoms with Crippen molar-refractivity contribution in [2.24, 2.45) is 12.5 Å². The number of sulfonamides is 1. The highest BCUT2D eigenvalue weighted by molar-refractivity contribution is 7.88. The van der Waals surface area contributed by atoms with Crippen LogP contribution in [0.3, 0.4) is 0 Å². The van der Waals surface area contributed by atoms with Crippen LogP contribution in [0.15, 0.2) is 24.5 Å². The summed E-state index contributed by atoms with van der Waals surface area (Å²) in [6, 6.07) is 2.75. The molecule has 3 heterocycles. The first kappa shape index (κ1) is 18.9. The molecule has 1 atom stereocenters. The molecule has 4 rings (SSSR count). The Morgan fingerprint density at radius 2 is 1.96 bits per heavy atom. The second kappa shape index (κ2) is 6.31. The third-order valence-electron chi connectivity index (χ3n) is 5.60. The van der Waals surface area contributed by atoms with E-state index in [9.17, 15) is 22.0 Å². The maximum absolute atomic E-state index is 14.0. The Labute approximate surface area is 160 Å². The lowest BCUT2D eigenvalue weighted by Crippen LogP contribution is -2.62. The average molecular weight is 411 g/mol. The minimum absolute atomic E-state index is 0.228. The average Bonchev–Trinajstić information content (AvgIpc) is 3.18. The highest BCUT2D eigenvalue weighted by atomic mass is 32.2. The van der Waals surface area contributed by atoms with Gasteiger partial charge in [-0.25, -0.2) is 21.5 Å². The molecule has 2 saturated heterocycles. The normalized spacial score (nSPS) is 21.9. The topological polar surface area (TPSA) is 88.4 Å². The number of aromatic nitrogens is 3. The Morgan fingerprint density at radius 1 is 1.25 bits per heavy atom. The standard InChI is InChI=1S/C17H19F2N5O3S/c1-22-10-20-21-15(22)13-6-24(28(2,26)27)9-17(13)7-23(8-17)16(25)12-5-11(18)3-4-14(12)19/h3-5,10,13H,6-9H2,1-2H3. The molecule has 0 aliphatic carbocycles. The third-order valence-corrected chi connectivity index (χ3v) is 6.82. The van der Waals surface area contributed by atoms with Gasteiger partial charge in [0.2, 0.25) is 10.0 Å². The second-order valence-corrected chi connectivity index (χ2v) is 9.54. The molecule has 8 nitrogen and oxygen atoms in total. The van der Waals surface area contributed by atoms with Gasteiger partial charge in [0.15, 0.2) is 0 Å². The summed E-state index contributed by atoms with van der Waals surface area (Å²) in [6.07, 6.45) is 2.68. The summed E-state index contributed by atoms with van der Waals surface area (Å²) >= 11 is 0. The number of hydrogen-bond acceptors (Lipinski definition) is 5. The SMILES string of the molecule is Cn1cnnc1C1CN(S(C)(=O)=O)CC12CN(C(=O)c1cc(F)ccc1F)C2. The molecule has 1 amide bonds. The van der Waals surface area contributed by atoms with Crippen molar-refractivity contribution in [3.8, 4) is 0 Å². The molecule has 2 fully saturated rings. The van der Waals surface area contributed by atoms with Crippen molar-refractivity contribution in [1.29, 1.82) is 0 Å². The molecule has 11 heteroatoms. The minimum atomic E-state index is -3.43. The van der Waals surface area contributed by atoms with Gasteiger partial charge in [-0.3, -0.25) is 4.79 Å². The van der Waals surface area contributed by atoms with E-state index >= 15 is 0 Å². The van der Waals surface area contributed by atoms with Crippen LogP contribution < -0.4 is 0 Å². The van der Waals surface area contributed by atoms with Gasteiger partial charge in [0, 0.05) is 44.6 Å². The van der Waals surface area contributed by atoms with Crippen LogP contribution in [0.1, 0.15) is 22.1 Å². The molecule has 2 aliphatic rings. The van der Waals surface area contributed by atoms with E-state index in [1.807, 2.05) is 0 Å². The van der Waals surface area contributed by atoms with Gasteiger partial charge in [-0.1, -0.05) is 0 Å². The van der Waals surface area contributed by atoms with Crippen LogP contribution in [-0.4, -0.2) is 70.7 Å². The molecule has 1 aromatic carbocycles. The fourth-order valence-electron chi connectivity index (χ4n) is 4.15. The van der Waals surface area contributed by atoms with Gasteiger partial charge in [0.25, 0.3) is 5.91 Å². The predicted octanol–water partition coefficient (Wildman–Crippen LogP) is 0.595. The van der Waals surface area contributed by atoms with Crippen LogP contribution in [0.4, 0.5) is 8.78 Å². The zero-order valence-electron chi connectivity index (χ0n) is 15.3. The van der Waals surface area contributed by atoms with E-state index in [1.165, 1.54) is 15.5 Å². The van der Waals surface area contributed by atoms with Crippen molar-refractivity contribution in [1.82, 2.24) is 24.0 Å². The summed E-state index contributed by atoms with van der Waals surface area (Å²) in [5, 5.41) is 8.00. The first-order valence-electron chi connectivity index (χ1n) is 8.64. The molecule has 150 valence electrons. The molecule has 1 unspecified atom stereocenters. The summed E-state index contributed by atoms with van der Waals surface area (Å²) in [6.45, 7) is 0.928. The summed E-state index contributed by atoms with van der Waals surface area (Å²) in [7, 11) is -1.65. The number of aryl methyl sites for hydroxylation is 1. The number of hydrogen-bond donors (Lipinski definition) is 0. The molecule has 2 aliphatic heterocycles. The maximum atomic E-state index is 14.0. The van der Waals surface area contributed by atoms with Crippen LogP contribution in [0.2, 0.25) is 0 Å². The molecule has 1 aromatic heterocycles. The Bertz CT molecular complexity index is 1050. The van der Waals surface area contributed by atoms with Crippen molar-refractivity contribution in [2.75, 3.05) is 32.4 Å². The van der Waals surface area contributed by atoms with Gasteiger partial charge in [-0.05, 0) is 18.2 Å². The van der Waals surface area contributed by atoms with Gasteiger partial charge < -0.3 is 9.47 Å². The van der Waals surface area contributed by atoms with Crippen LogP contribution >= 0.6 is 0 Å². The van der Waals surface area contributed by atoms with Crippen molar-refractivity contribution < 1.29 is 22.0 Å². The Hall–Kier alpha value is -2.40. The van der Waals surface area contributed by atoms with Gasteiger partial charge in [0.1, 0.15) is 23.8 Å². The summed E-state index contributed by atoms with van der Waals surface area (Å²) in [5.74, 6) is -1.72. The lowest BCUT2D eigenvalue weighted by atomic mass is 9.71. The molecular weight excluding hydrogens is 392 g/mol. The predicted molar refractivity (Wildman–Crippen MR) is 94.9 cm³/mol. The number of nitrogens with zero attached hydrogens (tertiary/aromatic N) is 5. The van der Waals surface area contributed by atoms with Crippen molar-refractivity contribution >= 4 is 15.9 Å². The summed E-state index contributed by atoms with van der Waals surface area (Å²) in [4.78, 5) is 14.0. The van der Waals surface area contributed by atoms with Crippen molar-refractivity contribution in [2.45, 2.75) is 5.92 Å². The Morgan fingerprint density at radius 3 is 2.57 bits per heavy atom. The first-order valence-corrected chi connectivity index (χ1v) is 10.5. The van der Waals surface area contributed by atoms with E-state index < -0.39 is 33.0 Å². The number of carbonyl (C=O) groups excluding carboxylic acids is 1. The fraction of sp³-hybridized carbons (Fsp3) is 0.471. The number of benzene rings is 1. The monoisotopic (exact) mass is 411 g/mol. The zero-order chi connectivity index (χ0) is 20.3. The van der Waals surface area contributed by atoms with E-state index in [2.05, 4.69) is 10.2 Å². The number of rotatable bonds is 3. The van der Waals surface area contributed by atoms with E-state index in [-0.39, 0.29) is 37.7 Å². The number of amides is 1. The second-order valence-electron chi connectivity index (χ2n) is 7.56. The van der Waals surface area contributed by atoms with Gasteiger partial charge in [0.05, 0.1) is 11.8 Å². The molecule has 0 radical (unpaired) electrons. The van der Waals surface area contributed by atoms with Gasteiger partial charge >= 0.3 is 0 Å². The van der Waals surface area contributed by atoms with Crippen LogP contribution in [0.25, 0.3) is 0 Å². The molecule has 1 spiro atoms. The molecule has 2 aromatic rings. The Kier molecular flexibility index (Phi) is 4.27. The van der Waals surface area contributed by atoms with E-state index in [0.29, 0.717) is 5.82 Å². The quantitative estimate of drug-likeness (QED) is 0.738. The molecule has 0 N–H and O–H groups in total. The van der Waals surface area contributed by atoms with Crippen molar-refractivity contribution in [3.05, 3.63) is 47.5 Å². The first-order chi connectivity index (χ1) is 13.1. The van der Waals surface area contributed by atoms with Crippen molar-refractivity contribution in [3.63, 3.8) is 0 Å². The fourth-order valence-corrected chi connectivity index (χ4v) is 5.06. The van der Waals surface area contributed by atoms with Crippen LogP contribution in [0.5, 0.6) is 0 Å².